The van der Waals surface area contributed by atoms with Crippen LogP contribution in [-0.2, 0) is 28.6 Å². The minimum atomic E-state index is -0.773. The molecule has 0 aromatic carbocycles. The second-order valence-corrected chi connectivity index (χ2v) is 22.0. The van der Waals surface area contributed by atoms with Gasteiger partial charge in [0.1, 0.15) is 13.2 Å². The molecule has 0 bridgehead atoms. The van der Waals surface area contributed by atoms with Gasteiger partial charge >= 0.3 is 17.9 Å². The minimum absolute atomic E-state index is 0.0752. The first-order valence-electron chi connectivity index (χ1n) is 33.2. The first kappa shape index (κ1) is 74.3. The number of ether oxygens (including phenoxy) is 3. The highest BCUT2D eigenvalue weighted by molar-refractivity contribution is 5.71. The Labute approximate surface area is 483 Å². The standard InChI is InChI=1S/C72H124O6/c1-4-7-10-13-15-17-19-21-23-25-27-29-30-31-32-33-34-35-36-37-38-39-40-41-42-43-45-46-48-50-52-54-56-59-62-65-71(74)77-68-69(67-76-70(73)64-61-58-12-9-6-3)78-72(75)66-63-60-57-55-53-51-49-47-44-28-26-24-22-20-18-16-14-11-8-5-2/h7,10,15,17,21,23,27,29,31-32,34-35,37-38,40-41,69H,4-6,8-9,11-14,16,18-20,22,24-26,28,30,33,36,39,42-68H2,1-3H3/b10-7-,17-15-,23-21-,29-27-,32-31-,35-34-,38-37-,41-40-. The maximum Gasteiger partial charge on any atom is 0.306 e. The lowest BCUT2D eigenvalue weighted by atomic mass is 10.0. The molecular formula is C72H124O6. The van der Waals surface area contributed by atoms with Gasteiger partial charge < -0.3 is 14.2 Å². The number of unbranched alkanes of at least 4 members (excludes halogenated alkanes) is 33. The number of allylic oxidation sites excluding steroid dienone is 16. The number of hydrogen-bond donors (Lipinski definition) is 0. The fourth-order valence-electron chi connectivity index (χ4n) is 9.40. The normalized spacial score (nSPS) is 12.7. The van der Waals surface area contributed by atoms with Gasteiger partial charge in [-0.05, 0) is 83.5 Å². The summed E-state index contributed by atoms with van der Waals surface area (Å²) < 4.78 is 16.8. The molecule has 0 aliphatic heterocycles. The molecule has 1 unspecified atom stereocenters. The van der Waals surface area contributed by atoms with Crippen molar-refractivity contribution < 1.29 is 28.6 Å². The van der Waals surface area contributed by atoms with E-state index in [-0.39, 0.29) is 31.1 Å². The zero-order valence-electron chi connectivity index (χ0n) is 51.4. The Balaban J connectivity index is 4.01. The van der Waals surface area contributed by atoms with Crippen LogP contribution in [0.5, 0.6) is 0 Å². The van der Waals surface area contributed by atoms with Gasteiger partial charge in [-0.25, -0.2) is 0 Å². The maximum atomic E-state index is 12.8. The van der Waals surface area contributed by atoms with Gasteiger partial charge in [-0.15, -0.1) is 0 Å². The van der Waals surface area contributed by atoms with E-state index >= 15 is 0 Å². The van der Waals surface area contributed by atoms with E-state index in [4.69, 9.17) is 14.2 Å². The van der Waals surface area contributed by atoms with Crippen LogP contribution in [-0.4, -0.2) is 37.2 Å². The topological polar surface area (TPSA) is 78.9 Å². The van der Waals surface area contributed by atoms with Crippen LogP contribution in [0.1, 0.15) is 323 Å². The van der Waals surface area contributed by atoms with Crippen molar-refractivity contribution in [1.82, 2.24) is 0 Å². The first-order valence-corrected chi connectivity index (χ1v) is 33.2. The predicted molar refractivity (Wildman–Crippen MR) is 339 cm³/mol. The molecular weight excluding hydrogens is 961 g/mol. The molecule has 0 aliphatic rings. The molecule has 0 radical (unpaired) electrons. The average Bonchev–Trinajstić information content (AvgIpc) is 3.44. The van der Waals surface area contributed by atoms with Crippen LogP contribution >= 0.6 is 0 Å². The molecule has 448 valence electrons. The van der Waals surface area contributed by atoms with E-state index in [0.717, 1.165) is 116 Å². The second kappa shape index (κ2) is 65.8. The van der Waals surface area contributed by atoms with Gasteiger partial charge in [-0.1, -0.05) is 317 Å². The van der Waals surface area contributed by atoms with Crippen molar-refractivity contribution in [3.05, 3.63) is 97.2 Å². The highest BCUT2D eigenvalue weighted by Gasteiger charge is 2.19. The van der Waals surface area contributed by atoms with Gasteiger partial charge in [0.25, 0.3) is 0 Å². The molecule has 0 aromatic rings. The van der Waals surface area contributed by atoms with Crippen LogP contribution in [0.4, 0.5) is 0 Å². The van der Waals surface area contributed by atoms with E-state index in [1.54, 1.807) is 0 Å². The van der Waals surface area contributed by atoms with Gasteiger partial charge in [0.15, 0.2) is 6.10 Å². The fraction of sp³-hybridized carbons (Fsp3) is 0.736. The Bertz CT molecular complexity index is 1530. The summed E-state index contributed by atoms with van der Waals surface area (Å²) in [7, 11) is 0. The smallest absolute Gasteiger partial charge is 0.306 e. The summed E-state index contributed by atoms with van der Waals surface area (Å²) >= 11 is 0. The van der Waals surface area contributed by atoms with Crippen molar-refractivity contribution in [3.8, 4) is 0 Å². The summed E-state index contributed by atoms with van der Waals surface area (Å²) in [6, 6.07) is 0. The third-order valence-electron chi connectivity index (χ3n) is 14.4. The molecule has 0 saturated heterocycles. The van der Waals surface area contributed by atoms with Gasteiger partial charge in [0, 0.05) is 19.3 Å². The molecule has 6 nitrogen and oxygen atoms in total. The predicted octanol–water partition coefficient (Wildman–Crippen LogP) is 22.8. The van der Waals surface area contributed by atoms with Crippen LogP contribution in [0.3, 0.4) is 0 Å². The minimum Gasteiger partial charge on any atom is -0.462 e. The largest absolute Gasteiger partial charge is 0.462 e. The Morgan fingerprint density at radius 3 is 0.782 bits per heavy atom. The highest BCUT2D eigenvalue weighted by atomic mass is 16.6. The molecule has 0 rings (SSSR count). The van der Waals surface area contributed by atoms with Crippen molar-refractivity contribution >= 4 is 17.9 Å². The van der Waals surface area contributed by atoms with Gasteiger partial charge in [0.2, 0.25) is 0 Å². The molecule has 0 spiro atoms. The summed E-state index contributed by atoms with van der Waals surface area (Å²) in [4.78, 5) is 37.9. The maximum absolute atomic E-state index is 12.8. The summed E-state index contributed by atoms with van der Waals surface area (Å²) in [5.41, 5.74) is 0. The number of carbonyl (C=O) groups is 3. The molecule has 1 atom stereocenters. The van der Waals surface area contributed by atoms with E-state index in [1.165, 1.54) is 167 Å². The van der Waals surface area contributed by atoms with Crippen LogP contribution < -0.4 is 0 Å². The molecule has 6 heteroatoms. The summed E-state index contributed by atoms with van der Waals surface area (Å²) in [6.45, 7) is 6.47. The first-order chi connectivity index (χ1) is 38.5. The number of esters is 3. The number of hydrogen-bond acceptors (Lipinski definition) is 6. The molecule has 0 aromatic heterocycles. The summed E-state index contributed by atoms with van der Waals surface area (Å²) in [6.07, 6.45) is 89.0. The number of carbonyl (C=O) groups excluding carboxylic acids is 3. The Hall–Kier alpha value is -3.67. The van der Waals surface area contributed by atoms with E-state index in [9.17, 15) is 14.4 Å². The van der Waals surface area contributed by atoms with Crippen molar-refractivity contribution in [2.24, 2.45) is 0 Å². The highest BCUT2D eigenvalue weighted by Crippen LogP contribution is 2.17. The van der Waals surface area contributed by atoms with Crippen molar-refractivity contribution in [2.45, 2.75) is 329 Å². The van der Waals surface area contributed by atoms with Gasteiger partial charge in [-0.3, -0.25) is 14.4 Å². The van der Waals surface area contributed by atoms with Crippen LogP contribution in [0.15, 0.2) is 97.2 Å². The molecule has 0 N–H and O–H groups in total. The van der Waals surface area contributed by atoms with Crippen LogP contribution in [0.25, 0.3) is 0 Å². The quantitative estimate of drug-likeness (QED) is 0.0261. The third-order valence-corrected chi connectivity index (χ3v) is 14.4. The summed E-state index contributed by atoms with van der Waals surface area (Å²) in [5.74, 6) is -0.881. The van der Waals surface area contributed by atoms with Crippen LogP contribution in [0.2, 0.25) is 0 Å². The van der Waals surface area contributed by atoms with Crippen molar-refractivity contribution in [1.29, 1.82) is 0 Å². The van der Waals surface area contributed by atoms with E-state index < -0.39 is 6.10 Å². The van der Waals surface area contributed by atoms with E-state index in [1.807, 2.05) is 0 Å². The number of rotatable bonds is 60. The monoisotopic (exact) mass is 1080 g/mol. The summed E-state index contributed by atoms with van der Waals surface area (Å²) in [5, 5.41) is 0. The molecule has 78 heavy (non-hydrogen) atoms. The molecule has 0 amide bonds. The van der Waals surface area contributed by atoms with Crippen molar-refractivity contribution in [2.75, 3.05) is 13.2 Å². The lowest BCUT2D eigenvalue weighted by Gasteiger charge is -2.18. The second-order valence-electron chi connectivity index (χ2n) is 22.0. The molecule has 0 heterocycles. The fourth-order valence-corrected chi connectivity index (χ4v) is 9.40. The van der Waals surface area contributed by atoms with E-state index in [2.05, 4.69) is 118 Å². The molecule has 0 fully saturated rings. The zero-order valence-corrected chi connectivity index (χ0v) is 51.4. The van der Waals surface area contributed by atoms with Crippen molar-refractivity contribution in [3.63, 3.8) is 0 Å². The SMILES string of the molecule is CC/C=C\C/C=C\C/C=C\C/C=C\C/C=C\C/C=C\C/C=C\C/C=C\CCCCCCCCCCCCC(=O)OCC(COC(=O)CCCCCCC)OC(=O)CCCCCCCCCCCCCCCCCCCCCC. The Morgan fingerprint density at radius 1 is 0.269 bits per heavy atom. The third kappa shape index (κ3) is 63.2. The Morgan fingerprint density at radius 2 is 0.500 bits per heavy atom. The Kier molecular flexibility index (Phi) is 62.7. The lowest BCUT2D eigenvalue weighted by molar-refractivity contribution is -0.167. The van der Waals surface area contributed by atoms with Crippen LogP contribution in [0, 0.1) is 0 Å². The molecule has 0 saturated carbocycles. The van der Waals surface area contributed by atoms with Gasteiger partial charge in [0.05, 0.1) is 0 Å². The molecule has 0 aliphatic carbocycles. The zero-order chi connectivity index (χ0) is 56.4. The van der Waals surface area contributed by atoms with E-state index in [0.29, 0.717) is 19.3 Å². The average molecular weight is 1090 g/mol. The lowest BCUT2D eigenvalue weighted by Crippen LogP contribution is -2.30. The van der Waals surface area contributed by atoms with Gasteiger partial charge in [-0.2, -0.15) is 0 Å².